The van der Waals surface area contributed by atoms with Gasteiger partial charge in [-0.2, -0.15) is 0 Å². The first-order valence-corrected chi connectivity index (χ1v) is 5.88. The minimum absolute atomic E-state index is 0.261. The molecular formula is C13H22N4. The van der Waals surface area contributed by atoms with E-state index >= 15 is 0 Å². The summed E-state index contributed by atoms with van der Waals surface area (Å²) in [5, 5.41) is 0. The Morgan fingerprint density at radius 1 is 1.71 bits per heavy atom. The molecule has 0 bridgehead atoms. The van der Waals surface area contributed by atoms with Gasteiger partial charge in [-0.1, -0.05) is 6.92 Å². The summed E-state index contributed by atoms with van der Waals surface area (Å²) in [5.41, 5.74) is 2.35. The minimum Gasteiger partial charge on any atom is -0.376 e. The van der Waals surface area contributed by atoms with Crippen LogP contribution in [-0.2, 0) is 7.05 Å². The Morgan fingerprint density at radius 3 is 2.76 bits per heavy atom. The number of nitrogens with zero attached hydrogens (tertiary/aromatic N) is 4. The predicted molar refractivity (Wildman–Crippen MR) is 72.3 cm³/mol. The summed E-state index contributed by atoms with van der Waals surface area (Å²) in [6.07, 6.45) is 3.76. The predicted octanol–water partition coefficient (Wildman–Crippen LogP) is 2.33. The van der Waals surface area contributed by atoms with Gasteiger partial charge >= 0.3 is 0 Å². The van der Waals surface area contributed by atoms with Crippen LogP contribution in [0, 0.1) is 6.92 Å². The average molecular weight is 234 g/mol. The van der Waals surface area contributed by atoms with Crippen molar-refractivity contribution in [3.8, 4) is 0 Å². The molecule has 94 valence electrons. The van der Waals surface area contributed by atoms with E-state index in [1.807, 2.05) is 26.4 Å². The fourth-order valence-corrected chi connectivity index (χ4v) is 1.89. The SMILES string of the molecule is C=N/C=C(/C(C)c1cnc(C)n1C)N(C)CC. The largest absolute Gasteiger partial charge is 0.376 e. The van der Waals surface area contributed by atoms with Crippen molar-refractivity contribution >= 4 is 6.72 Å². The van der Waals surface area contributed by atoms with Crippen LogP contribution in [0.2, 0.25) is 0 Å². The van der Waals surface area contributed by atoms with E-state index in [4.69, 9.17) is 0 Å². The molecule has 1 unspecified atom stereocenters. The number of allylic oxidation sites excluding steroid dienone is 1. The molecule has 0 N–H and O–H groups in total. The van der Waals surface area contributed by atoms with Crippen molar-refractivity contribution in [1.29, 1.82) is 0 Å². The third-order valence-electron chi connectivity index (χ3n) is 3.28. The molecule has 0 amide bonds. The van der Waals surface area contributed by atoms with Gasteiger partial charge in [0.2, 0.25) is 0 Å². The van der Waals surface area contributed by atoms with Crippen LogP contribution in [0.25, 0.3) is 0 Å². The fourth-order valence-electron chi connectivity index (χ4n) is 1.89. The van der Waals surface area contributed by atoms with E-state index < -0.39 is 0 Å². The van der Waals surface area contributed by atoms with Gasteiger partial charge in [0.15, 0.2) is 0 Å². The van der Waals surface area contributed by atoms with Gasteiger partial charge in [-0.15, -0.1) is 0 Å². The second kappa shape index (κ2) is 5.66. The lowest BCUT2D eigenvalue weighted by Gasteiger charge is -2.25. The van der Waals surface area contributed by atoms with Gasteiger partial charge in [-0.05, 0) is 20.6 Å². The van der Waals surface area contributed by atoms with Gasteiger partial charge in [0.25, 0.3) is 0 Å². The monoisotopic (exact) mass is 234 g/mol. The summed E-state index contributed by atoms with van der Waals surface area (Å²) in [4.78, 5) is 10.4. The Morgan fingerprint density at radius 2 is 2.35 bits per heavy atom. The summed E-state index contributed by atoms with van der Waals surface area (Å²) in [6.45, 7) is 10.8. The lowest BCUT2D eigenvalue weighted by molar-refractivity contribution is 0.407. The van der Waals surface area contributed by atoms with E-state index in [0.717, 1.165) is 18.1 Å². The van der Waals surface area contributed by atoms with Gasteiger partial charge < -0.3 is 9.47 Å². The maximum Gasteiger partial charge on any atom is 0.105 e. The van der Waals surface area contributed by atoms with Gasteiger partial charge in [-0.3, -0.25) is 4.99 Å². The lowest BCUT2D eigenvalue weighted by atomic mass is 10.0. The topological polar surface area (TPSA) is 33.4 Å². The number of hydrogen-bond donors (Lipinski definition) is 0. The normalized spacial score (nSPS) is 13.6. The summed E-state index contributed by atoms with van der Waals surface area (Å²) in [5.74, 6) is 1.29. The molecule has 0 saturated heterocycles. The molecule has 1 aromatic rings. The summed E-state index contributed by atoms with van der Waals surface area (Å²) < 4.78 is 2.12. The number of rotatable bonds is 5. The van der Waals surface area contributed by atoms with Gasteiger partial charge in [0, 0.05) is 50.3 Å². The average Bonchev–Trinajstić information content (AvgIpc) is 2.65. The van der Waals surface area contributed by atoms with Crippen LogP contribution in [0.3, 0.4) is 0 Å². The summed E-state index contributed by atoms with van der Waals surface area (Å²) in [7, 11) is 4.11. The molecule has 4 heteroatoms. The molecule has 0 radical (unpaired) electrons. The van der Waals surface area contributed by atoms with E-state index in [1.165, 1.54) is 5.69 Å². The maximum absolute atomic E-state index is 4.34. The number of aromatic nitrogens is 2. The number of likely N-dealkylation sites (N-methyl/N-ethyl adjacent to an activating group) is 1. The highest BCUT2D eigenvalue weighted by atomic mass is 15.1. The summed E-state index contributed by atoms with van der Waals surface area (Å²) >= 11 is 0. The highest BCUT2D eigenvalue weighted by molar-refractivity contribution is 5.29. The smallest absolute Gasteiger partial charge is 0.105 e. The number of aliphatic imine (C=N–C) groups is 1. The van der Waals surface area contributed by atoms with Crippen LogP contribution >= 0.6 is 0 Å². The van der Waals surface area contributed by atoms with E-state index in [0.29, 0.717) is 0 Å². The first-order valence-electron chi connectivity index (χ1n) is 5.88. The molecule has 0 fully saturated rings. The maximum atomic E-state index is 4.34. The molecule has 0 aliphatic heterocycles. The Bertz CT molecular complexity index is 417. The zero-order valence-corrected chi connectivity index (χ0v) is 11.4. The van der Waals surface area contributed by atoms with Gasteiger partial charge in [0.05, 0.1) is 0 Å². The third-order valence-corrected chi connectivity index (χ3v) is 3.28. The molecule has 4 nitrogen and oxygen atoms in total. The number of aryl methyl sites for hydroxylation is 1. The van der Waals surface area contributed by atoms with E-state index in [2.05, 4.69) is 47.1 Å². The molecule has 0 saturated carbocycles. The molecule has 17 heavy (non-hydrogen) atoms. The van der Waals surface area contributed by atoms with Gasteiger partial charge in [0.1, 0.15) is 5.82 Å². The zero-order valence-electron chi connectivity index (χ0n) is 11.4. The lowest BCUT2D eigenvalue weighted by Crippen LogP contribution is -2.22. The first-order chi connectivity index (χ1) is 8.02. The van der Waals surface area contributed by atoms with Crippen molar-refractivity contribution in [2.45, 2.75) is 26.7 Å². The third kappa shape index (κ3) is 2.75. The second-order valence-corrected chi connectivity index (χ2v) is 4.26. The van der Waals surface area contributed by atoms with Gasteiger partial charge in [-0.25, -0.2) is 4.98 Å². The molecule has 0 aliphatic carbocycles. The molecular weight excluding hydrogens is 212 g/mol. The molecule has 1 heterocycles. The van der Waals surface area contributed by atoms with Crippen molar-refractivity contribution in [3.63, 3.8) is 0 Å². The standard InChI is InChI=1S/C13H22N4/c1-7-16(5)12(8-14-4)10(2)13-9-15-11(3)17(13)6/h8-10H,4,7H2,1-3,5-6H3/b12-8-. The van der Waals surface area contributed by atoms with Crippen molar-refractivity contribution in [3.05, 3.63) is 29.6 Å². The van der Waals surface area contributed by atoms with Crippen molar-refractivity contribution in [1.82, 2.24) is 14.5 Å². The van der Waals surface area contributed by atoms with Crippen molar-refractivity contribution in [2.24, 2.45) is 12.0 Å². The second-order valence-electron chi connectivity index (χ2n) is 4.26. The molecule has 1 atom stereocenters. The molecule has 1 rings (SSSR count). The highest BCUT2D eigenvalue weighted by Crippen LogP contribution is 2.25. The van der Waals surface area contributed by atoms with Crippen LogP contribution in [-0.4, -0.2) is 34.8 Å². The quantitative estimate of drug-likeness (QED) is 0.733. The van der Waals surface area contributed by atoms with E-state index in [-0.39, 0.29) is 5.92 Å². The Balaban J connectivity index is 3.08. The Hall–Kier alpha value is -1.58. The van der Waals surface area contributed by atoms with Crippen LogP contribution in [0.15, 0.2) is 23.1 Å². The van der Waals surface area contributed by atoms with Crippen LogP contribution in [0.4, 0.5) is 0 Å². The Kier molecular flexibility index (Phi) is 4.49. The molecule has 0 aliphatic rings. The zero-order chi connectivity index (χ0) is 13.0. The summed E-state index contributed by atoms with van der Waals surface area (Å²) in [6, 6.07) is 0. The first kappa shape index (κ1) is 13.5. The van der Waals surface area contributed by atoms with Crippen LogP contribution < -0.4 is 0 Å². The van der Waals surface area contributed by atoms with E-state index in [9.17, 15) is 0 Å². The molecule has 1 aromatic heterocycles. The van der Waals surface area contributed by atoms with Crippen molar-refractivity contribution in [2.75, 3.05) is 13.6 Å². The minimum atomic E-state index is 0.261. The van der Waals surface area contributed by atoms with Crippen LogP contribution in [0.5, 0.6) is 0 Å². The van der Waals surface area contributed by atoms with Crippen molar-refractivity contribution < 1.29 is 0 Å². The highest BCUT2D eigenvalue weighted by Gasteiger charge is 2.18. The molecule has 0 aromatic carbocycles. The molecule has 0 spiro atoms. The Labute approximate surface area is 104 Å². The van der Waals surface area contributed by atoms with E-state index in [1.54, 1.807) is 0 Å². The number of hydrogen-bond acceptors (Lipinski definition) is 3. The number of imidazole rings is 1. The fraction of sp³-hybridized carbons (Fsp3) is 0.538. The van der Waals surface area contributed by atoms with Crippen LogP contribution in [0.1, 0.15) is 31.3 Å².